The number of carbonyl (C=O) groups is 1. The summed E-state index contributed by atoms with van der Waals surface area (Å²) in [6.45, 7) is 7.43. The highest BCUT2D eigenvalue weighted by molar-refractivity contribution is 7.89. The molecule has 2 N–H and O–H groups in total. The second-order valence-corrected chi connectivity index (χ2v) is 15.7. The number of alkyl halides is 2. The molecule has 0 aromatic heterocycles. The standard InChI is InChI=1S/C26H37F2N2O8PS2/c1-7-37-39(32,38-8-2)26(27,28)23(29-40(33)25(4,5)6)22(24(31)36-18-20-12-10-9-11-13-20)30-41(34,35)21-16-14-19(3)15-17-21/h9-17,22-23,29-30H,7-8,18H2,1-6H3/t22-,23-,40?/m0/s1. The maximum absolute atomic E-state index is 16.3. The summed E-state index contributed by atoms with van der Waals surface area (Å²) in [6.07, 6.45) is 0. The second kappa shape index (κ2) is 14.4. The summed E-state index contributed by atoms with van der Waals surface area (Å²) in [5, 5.41) is 0. The Morgan fingerprint density at radius 3 is 2.02 bits per heavy atom. The van der Waals surface area contributed by atoms with E-state index in [1.54, 1.807) is 37.3 Å². The van der Waals surface area contributed by atoms with E-state index in [9.17, 15) is 22.0 Å². The van der Waals surface area contributed by atoms with E-state index in [0.717, 1.165) is 5.56 Å². The third-order valence-corrected chi connectivity index (χ3v) is 10.8. The predicted octanol–water partition coefficient (Wildman–Crippen LogP) is 4.66. The van der Waals surface area contributed by atoms with Gasteiger partial charge in [0.1, 0.15) is 18.7 Å². The molecule has 0 heterocycles. The van der Waals surface area contributed by atoms with E-state index >= 15 is 8.78 Å². The van der Waals surface area contributed by atoms with Crippen LogP contribution in [-0.4, -0.2) is 54.3 Å². The fraction of sp³-hybridized carbons (Fsp3) is 0.500. The van der Waals surface area contributed by atoms with Gasteiger partial charge in [-0.1, -0.05) is 48.0 Å². The Kier molecular flexibility index (Phi) is 12.3. The highest BCUT2D eigenvalue weighted by Crippen LogP contribution is 2.63. The molecule has 0 saturated carbocycles. The molecule has 0 amide bonds. The molecule has 3 atom stereocenters. The first-order valence-electron chi connectivity index (χ1n) is 12.7. The van der Waals surface area contributed by atoms with Crippen molar-refractivity contribution in [3.8, 4) is 0 Å². The first kappa shape index (κ1) is 35.1. The normalized spacial score (nSPS) is 15.2. The molecule has 0 spiro atoms. The number of sulfonamides is 1. The number of halogens is 2. The summed E-state index contributed by atoms with van der Waals surface area (Å²) in [5.41, 5.74) is -3.36. The van der Waals surface area contributed by atoms with Crippen LogP contribution >= 0.6 is 7.60 Å². The van der Waals surface area contributed by atoms with Crippen molar-refractivity contribution in [1.29, 1.82) is 0 Å². The summed E-state index contributed by atoms with van der Waals surface area (Å²) in [6, 6.07) is 8.53. The topological polar surface area (TPSA) is 137 Å². The van der Waals surface area contributed by atoms with Crippen LogP contribution in [0.4, 0.5) is 8.78 Å². The molecule has 10 nitrogen and oxygen atoms in total. The van der Waals surface area contributed by atoms with Gasteiger partial charge in [-0.05, 0) is 59.2 Å². The van der Waals surface area contributed by atoms with Crippen LogP contribution in [0.1, 0.15) is 45.7 Å². The van der Waals surface area contributed by atoms with Crippen LogP contribution in [0.2, 0.25) is 0 Å². The number of ether oxygens (including phenoxy) is 1. The van der Waals surface area contributed by atoms with Gasteiger partial charge < -0.3 is 13.8 Å². The first-order chi connectivity index (χ1) is 19.0. The van der Waals surface area contributed by atoms with E-state index in [1.807, 2.05) is 4.72 Å². The summed E-state index contributed by atoms with van der Waals surface area (Å²) in [5.74, 6) is -1.44. The summed E-state index contributed by atoms with van der Waals surface area (Å²) < 4.78 is 104. The molecule has 0 aliphatic heterocycles. The van der Waals surface area contributed by atoms with Crippen LogP contribution in [0.25, 0.3) is 0 Å². The van der Waals surface area contributed by atoms with Crippen molar-refractivity contribution >= 4 is 34.6 Å². The zero-order chi connectivity index (χ0) is 31.1. The van der Waals surface area contributed by atoms with E-state index in [2.05, 4.69) is 4.72 Å². The van der Waals surface area contributed by atoms with Gasteiger partial charge in [0.15, 0.2) is 0 Å². The molecule has 0 aliphatic carbocycles. The maximum Gasteiger partial charge on any atom is 0.401 e. The van der Waals surface area contributed by atoms with Crippen LogP contribution in [0.3, 0.4) is 0 Å². The molecule has 0 saturated heterocycles. The van der Waals surface area contributed by atoms with Crippen LogP contribution in [0.5, 0.6) is 0 Å². The lowest BCUT2D eigenvalue weighted by Gasteiger charge is -2.37. The minimum Gasteiger partial charge on any atom is -0.460 e. The zero-order valence-electron chi connectivity index (χ0n) is 23.8. The Labute approximate surface area is 242 Å². The predicted molar refractivity (Wildman–Crippen MR) is 152 cm³/mol. The Bertz CT molecular complexity index is 1330. The lowest BCUT2D eigenvalue weighted by molar-refractivity contribution is -0.149. The van der Waals surface area contributed by atoms with E-state index in [0.29, 0.717) is 5.56 Å². The minimum atomic E-state index is -5.37. The maximum atomic E-state index is 16.3. The fourth-order valence-corrected chi connectivity index (χ4v) is 7.18. The van der Waals surface area contributed by atoms with Gasteiger partial charge in [-0.2, -0.15) is 13.5 Å². The summed E-state index contributed by atoms with van der Waals surface area (Å²) in [4.78, 5) is 13.1. The van der Waals surface area contributed by atoms with Crippen molar-refractivity contribution in [2.75, 3.05) is 13.2 Å². The van der Waals surface area contributed by atoms with Gasteiger partial charge in [-0.3, -0.25) is 9.36 Å². The molecule has 2 aromatic carbocycles. The van der Waals surface area contributed by atoms with Crippen molar-refractivity contribution in [1.82, 2.24) is 9.44 Å². The fourth-order valence-electron chi connectivity index (χ4n) is 3.37. The Morgan fingerprint density at radius 1 is 1.00 bits per heavy atom. The first-order valence-corrected chi connectivity index (χ1v) is 16.9. The van der Waals surface area contributed by atoms with Crippen LogP contribution in [0.15, 0.2) is 59.5 Å². The zero-order valence-corrected chi connectivity index (χ0v) is 26.3. The Morgan fingerprint density at radius 2 is 1.54 bits per heavy atom. The van der Waals surface area contributed by atoms with Gasteiger partial charge in [0, 0.05) is 0 Å². The van der Waals surface area contributed by atoms with Gasteiger partial charge in [0.05, 0.1) is 33.8 Å². The lowest BCUT2D eigenvalue weighted by Crippen LogP contribution is -2.63. The van der Waals surface area contributed by atoms with Crippen LogP contribution in [-0.2, 0) is 50.8 Å². The molecule has 2 aromatic rings. The molecule has 0 bridgehead atoms. The third-order valence-electron chi connectivity index (χ3n) is 5.55. The molecular formula is C26H37F2N2O8PS2. The SMILES string of the molecule is CCOP(=O)(OCC)C(F)(F)[C@@H](NS(=O)C(C)(C)C)[C@H](NS(=O)(=O)c1ccc(C)cc1)C(=O)OCc1ccccc1. The van der Waals surface area contributed by atoms with Crippen molar-refractivity contribution in [2.24, 2.45) is 0 Å². The number of benzene rings is 2. The van der Waals surface area contributed by atoms with Gasteiger partial charge in [0.2, 0.25) is 10.0 Å². The quantitative estimate of drug-likeness (QED) is 0.212. The summed E-state index contributed by atoms with van der Waals surface area (Å²) in [7, 11) is -12.3. The lowest BCUT2D eigenvalue weighted by atomic mass is 10.1. The van der Waals surface area contributed by atoms with Crippen molar-refractivity contribution in [2.45, 2.75) is 75.5 Å². The van der Waals surface area contributed by atoms with E-state index in [4.69, 9.17) is 13.8 Å². The van der Waals surface area contributed by atoms with E-state index in [1.165, 1.54) is 58.9 Å². The Balaban J connectivity index is 2.69. The monoisotopic (exact) mass is 638 g/mol. The average molecular weight is 639 g/mol. The van der Waals surface area contributed by atoms with Crippen LogP contribution < -0.4 is 9.44 Å². The molecule has 0 aliphatic rings. The summed E-state index contributed by atoms with van der Waals surface area (Å²) >= 11 is 0. The second-order valence-electron chi connectivity index (χ2n) is 9.90. The highest BCUT2D eigenvalue weighted by Gasteiger charge is 2.63. The smallest absolute Gasteiger partial charge is 0.401 e. The molecule has 1 unspecified atom stereocenters. The molecule has 41 heavy (non-hydrogen) atoms. The molecule has 230 valence electrons. The average Bonchev–Trinajstić information content (AvgIpc) is 2.89. The molecule has 2 rings (SSSR count). The van der Waals surface area contributed by atoms with Gasteiger partial charge >= 0.3 is 19.2 Å². The van der Waals surface area contributed by atoms with E-state index in [-0.39, 0.29) is 4.90 Å². The van der Waals surface area contributed by atoms with Crippen molar-refractivity contribution in [3.05, 3.63) is 65.7 Å². The Hall–Kier alpha value is -2.06. The number of carbonyl (C=O) groups excluding carboxylic acids is 1. The van der Waals surface area contributed by atoms with Crippen molar-refractivity contribution < 1.29 is 44.6 Å². The number of rotatable bonds is 15. The largest absolute Gasteiger partial charge is 0.460 e. The van der Waals surface area contributed by atoms with Crippen molar-refractivity contribution in [3.63, 3.8) is 0 Å². The van der Waals surface area contributed by atoms with Gasteiger partial charge in [-0.15, -0.1) is 0 Å². The number of aryl methyl sites for hydroxylation is 1. The highest BCUT2D eigenvalue weighted by atomic mass is 32.2. The molecule has 0 radical (unpaired) electrons. The van der Waals surface area contributed by atoms with Gasteiger partial charge in [0.25, 0.3) is 0 Å². The number of hydrogen-bond acceptors (Lipinski definition) is 8. The number of nitrogens with one attached hydrogen (secondary N) is 2. The van der Waals surface area contributed by atoms with Gasteiger partial charge in [-0.25, -0.2) is 17.3 Å². The molecule has 15 heteroatoms. The third kappa shape index (κ3) is 9.21. The van der Waals surface area contributed by atoms with E-state index < -0.39 is 76.9 Å². The minimum absolute atomic E-state index is 0.333. The number of esters is 1. The number of hydrogen-bond donors (Lipinski definition) is 2. The molecule has 0 fully saturated rings. The van der Waals surface area contributed by atoms with Crippen LogP contribution in [0, 0.1) is 6.92 Å². The molecular weight excluding hydrogens is 601 g/mol.